The van der Waals surface area contributed by atoms with Crippen LogP contribution in [0.5, 0.6) is 0 Å². The molecule has 88 valence electrons. The van der Waals surface area contributed by atoms with E-state index < -0.39 is 5.60 Å². The number of alkyl halides is 1. The highest BCUT2D eigenvalue weighted by atomic mass is 35.5. The zero-order valence-corrected chi connectivity index (χ0v) is 10.7. The van der Waals surface area contributed by atoms with Gasteiger partial charge in [-0.25, -0.2) is 4.79 Å². The van der Waals surface area contributed by atoms with E-state index in [4.69, 9.17) is 16.3 Å². The third kappa shape index (κ3) is 3.90. The van der Waals surface area contributed by atoms with Crippen molar-refractivity contribution >= 4 is 17.7 Å². The largest absolute Gasteiger partial charge is 0.444 e. The third-order valence-electron chi connectivity index (χ3n) is 2.45. The molecule has 1 aliphatic rings. The van der Waals surface area contributed by atoms with E-state index in [-0.39, 0.29) is 11.5 Å². The Morgan fingerprint density at radius 2 is 2.07 bits per heavy atom. The zero-order valence-electron chi connectivity index (χ0n) is 9.92. The van der Waals surface area contributed by atoms with Crippen LogP contribution in [0.4, 0.5) is 4.79 Å². The molecule has 1 aliphatic heterocycles. The van der Waals surface area contributed by atoms with E-state index in [2.05, 4.69) is 6.92 Å². The minimum Gasteiger partial charge on any atom is -0.444 e. The van der Waals surface area contributed by atoms with Crippen molar-refractivity contribution in [3.05, 3.63) is 0 Å². The van der Waals surface area contributed by atoms with Crippen molar-refractivity contribution in [3.8, 4) is 0 Å². The first kappa shape index (κ1) is 12.6. The molecule has 0 aromatic rings. The highest BCUT2D eigenvalue weighted by Gasteiger charge is 2.29. The molecule has 1 saturated heterocycles. The molecule has 1 heterocycles. The number of amides is 1. The van der Waals surface area contributed by atoms with Crippen LogP contribution in [0, 0.1) is 5.92 Å². The van der Waals surface area contributed by atoms with E-state index in [0.29, 0.717) is 19.0 Å². The van der Waals surface area contributed by atoms with Gasteiger partial charge in [-0.05, 0) is 33.1 Å². The maximum atomic E-state index is 11.7. The van der Waals surface area contributed by atoms with Gasteiger partial charge in [0.1, 0.15) is 5.60 Å². The van der Waals surface area contributed by atoms with Gasteiger partial charge in [-0.2, -0.15) is 0 Å². The average Bonchev–Trinajstić information content (AvgIpc) is 2.06. The van der Waals surface area contributed by atoms with E-state index in [1.54, 1.807) is 4.90 Å². The van der Waals surface area contributed by atoms with E-state index in [0.717, 1.165) is 6.42 Å². The lowest BCUT2D eigenvalue weighted by atomic mass is 10.0. The smallest absolute Gasteiger partial charge is 0.410 e. The topological polar surface area (TPSA) is 29.5 Å². The quantitative estimate of drug-likeness (QED) is 0.602. The first-order valence-electron chi connectivity index (χ1n) is 5.41. The predicted molar refractivity (Wildman–Crippen MR) is 61.2 cm³/mol. The van der Waals surface area contributed by atoms with Gasteiger partial charge in [-0.3, -0.25) is 0 Å². The van der Waals surface area contributed by atoms with Crippen LogP contribution >= 0.6 is 11.6 Å². The lowest BCUT2D eigenvalue weighted by molar-refractivity contribution is 0.0178. The van der Waals surface area contributed by atoms with Gasteiger partial charge in [0.25, 0.3) is 0 Å². The number of piperidine rings is 1. The van der Waals surface area contributed by atoms with E-state index >= 15 is 0 Å². The van der Waals surface area contributed by atoms with Crippen LogP contribution in [0.15, 0.2) is 0 Å². The molecule has 0 aliphatic carbocycles. The number of hydrogen-bond donors (Lipinski definition) is 0. The molecule has 1 rings (SSSR count). The normalized spacial score (nSPS) is 27.7. The lowest BCUT2D eigenvalue weighted by Gasteiger charge is -2.35. The van der Waals surface area contributed by atoms with Gasteiger partial charge in [-0.1, -0.05) is 6.92 Å². The van der Waals surface area contributed by atoms with Crippen molar-refractivity contribution in [1.29, 1.82) is 0 Å². The summed E-state index contributed by atoms with van der Waals surface area (Å²) >= 11 is 6.09. The Kier molecular flexibility index (Phi) is 3.87. The fourth-order valence-electron chi connectivity index (χ4n) is 1.61. The number of carbonyl (C=O) groups excluding carboxylic acids is 1. The maximum Gasteiger partial charge on any atom is 0.410 e. The summed E-state index contributed by atoms with van der Waals surface area (Å²) in [5, 5.41) is 0.184. The standard InChI is InChI=1S/C11H20ClNO2/c1-8-7-13(6-5-9(8)12)10(14)15-11(2,3)4/h8-9H,5-7H2,1-4H3. The van der Waals surface area contributed by atoms with E-state index in [1.165, 1.54) is 0 Å². The molecule has 2 atom stereocenters. The molecule has 2 unspecified atom stereocenters. The highest BCUT2D eigenvalue weighted by molar-refractivity contribution is 6.20. The lowest BCUT2D eigenvalue weighted by Crippen LogP contribution is -2.45. The van der Waals surface area contributed by atoms with Gasteiger partial charge in [0, 0.05) is 18.5 Å². The summed E-state index contributed by atoms with van der Waals surface area (Å²) in [4.78, 5) is 13.5. The van der Waals surface area contributed by atoms with E-state index in [1.807, 2.05) is 20.8 Å². The molecule has 15 heavy (non-hydrogen) atoms. The fourth-order valence-corrected chi connectivity index (χ4v) is 1.79. The molecule has 0 aromatic heterocycles. The maximum absolute atomic E-state index is 11.7. The predicted octanol–water partition coefficient (Wildman–Crippen LogP) is 2.87. The number of rotatable bonds is 0. The molecule has 0 N–H and O–H groups in total. The third-order valence-corrected chi connectivity index (χ3v) is 3.10. The fraction of sp³-hybridized carbons (Fsp3) is 0.909. The van der Waals surface area contributed by atoms with Gasteiger partial charge < -0.3 is 9.64 Å². The van der Waals surface area contributed by atoms with Crippen LogP contribution < -0.4 is 0 Å². The van der Waals surface area contributed by atoms with Crippen molar-refractivity contribution in [3.63, 3.8) is 0 Å². The molecule has 0 bridgehead atoms. The second-order valence-electron chi connectivity index (χ2n) is 5.21. The van der Waals surface area contributed by atoms with Crippen molar-refractivity contribution < 1.29 is 9.53 Å². The first-order valence-corrected chi connectivity index (χ1v) is 5.85. The zero-order chi connectivity index (χ0) is 11.6. The molecule has 3 nitrogen and oxygen atoms in total. The summed E-state index contributed by atoms with van der Waals surface area (Å²) < 4.78 is 5.30. The monoisotopic (exact) mass is 233 g/mol. The van der Waals surface area contributed by atoms with Gasteiger partial charge in [0.2, 0.25) is 0 Å². The summed E-state index contributed by atoms with van der Waals surface area (Å²) in [5.74, 6) is 0.341. The van der Waals surface area contributed by atoms with Gasteiger partial charge in [-0.15, -0.1) is 11.6 Å². The second-order valence-corrected chi connectivity index (χ2v) is 5.77. The van der Waals surface area contributed by atoms with Crippen molar-refractivity contribution in [2.24, 2.45) is 5.92 Å². The molecule has 1 fully saturated rings. The molecular weight excluding hydrogens is 214 g/mol. The molecule has 4 heteroatoms. The Morgan fingerprint density at radius 3 is 2.53 bits per heavy atom. The van der Waals surface area contributed by atoms with Gasteiger partial charge in [0.05, 0.1) is 0 Å². The number of halogens is 1. The van der Waals surface area contributed by atoms with E-state index in [9.17, 15) is 4.79 Å². The Labute approximate surface area is 96.7 Å². The minimum atomic E-state index is -0.419. The van der Waals surface area contributed by atoms with Crippen molar-refractivity contribution in [1.82, 2.24) is 4.90 Å². The second kappa shape index (κ2) is 4.60. The molecule has 1 amide bonds. The number of nitrogens with zero attached hydrogens (tertiary/aromatic N) is 1. The van der Waals surface area contributed by atoms with Crippen LogP contribution in [0.1, 0.15) is 34.1 Å². The first-order chi connectivity index (χ1) is 6.79. The Hall–Kier alpha value is -0.440. The Morgan fingerprint density at radius 1 is 1.47 bits per heavy atom. The van der Waals surface area contributed by atoms with Crippen LogP contribution in [0.2, 0.25) is 0 Å². The molecule has 0 spiro atoms. The average molecular weight is 234 g/mol. The SMILES string of the molecule is CC1CN(C(=O)OC(C)(C)C)CCC1Cl. The highest BCUT2D eigenvalue weighted by Crippen LogP contribution is 2.23. The van der Waals surface area contributed by atoms with Gasteiger partial charge in [0.15, 0.2) is 0 Å². The Balaban J connectivity index is 2.48. The molecule has 0 aromatic carbocycles. The van der Waals surface area contributed by atoms with Gasteiger partial charge >= 0.3 is 6.09 Å². The molecular formula is C11H20ClNO2. The number of ether oxygens (including phenoxy) is 1. The number of likely N-dealkylation sites (tertiary alicyclic amines) is 1. The molecule has 0 radical (unpaired) electrons. The van der Waals surface area contributed by atoms with Crippen LogP contribution in [0.3, 0.4) is 0 Å². The summed E-state index contributed by atoms with van der Waals surface area (Å²) in [5.41, 5.74) is -0.419. The molecule has 0 saturated carbocycles. The summed E-state index contributed by atoms with van der Waals surface area (Å²) in [7, 11) is 0. The Bertz CT molecular complexity index is 237. The number of hydrogen-bond acceptors (Lipinski definition) is 2. The van der Waals surface area contributed by atoms with Crippen molar-refractivity contribution in [2.75, 3.05) is 13.1 Å². The summed E-state index contributed by atoms with van der Waals surface area (Å²) in [6.07, 6.45) is 0.625. The van der Waals surface area contributed by atoms with Crippen LogP contribution in [-0.4, -0.2) is 35.1 Å². The van der Waals surface area contributed by atoms with Crippen LogP contribution in [-0.2, 0) is 4.74 Å². The summed E-state index contributed by atoms with van der Waals surface area (Å²) in [6.45, 7) is 9.10. The minimum absolute atomic E-state index is 0.184. The number of carbonyl (C=O) groups is 1. The van der Waals surface area contributed by atoms with Crippen LogP contribution in [0.25, 0.3) is 0 Å². The summed E-state index contributed by atoms with van der Waals surface area (Å²) in [6, 6.07) is 0. The van der Waals surface area contributed by atoms with Crippen molar-refractivity contribution in [2.45, 2.75) is 45.1 Å².